The van der Waals surface area contributed by atoms with Gasteiger partial charge in [0.05, 0.1) is 0 Å². The van der Waals surface area contributed by atoms with E-state index in [9.17, 15) is 0 Å². The Morgan fingerprint density at radius 1 is 1.14 bits per heavy atom. The Balaban J connectivity index is -0.0000000360. The van der Waals surface area contributed by atoms with E-state index >= 15 is 0 Å². The predicted octanol–water partition coefficient (Wildman–Crippen LogP) is 0.586. The van der Waals surface area contributed by atoms with Gasteiger partial charge in [-0.05, 0) is 0 Å². The standard InChI is InChI=1S/2C2H6.BH3N2/c2*1-2;1-3-2/h2*1-2H3;3H,2H2. The number of nitrogens with one attached hydrogen (secondary N) is 1. The summed E-state index contributed by atoms with van der Waals surface area (Å²) < 4.78 is 0. The van der Waals surface area contributed by atoms with Crippen molar-refractivity contribution < 1.29 is 0 Å². The van der Waals surface area contributed by atoms with Crippen LogP contribution in [0.2, 0.25) is 0 Å². The fourth-order valence-electron chi connectivity index (χ4n) is 0. The average molecular weight is 102 g/mol. The molecule has 0 fully saturated rings. The van der Waals surface area contributed by atoms with Gasteiger partial charge in [-0.2, -0.15) is 0 Å². The van der Waals surface area contributed by atoms with Gasteiger partial charge in [-0.15, -0.1) is 0 Å². The third-order valence-electron chi connectivity index (χ3n) is 0. The van der Waals surface area contributed by atoms with Gasteiger partial charge in [-0.1, -0.05) is 27.7 Å². The van der Waals surface area contributed by atoms with E-state index < -0.39 is 0 Å². The van der Waals surface area contributed by atoms with E-state index in [1.807, 2.05) is 27.7 Å². The molecule has 0 amide bonds. The SMILES string of the molecule is CC.CC.[B]NN. The third-order valence-corrected chi connectivity index (χ3v) is 0. The predicted molar refractivity (Wildman–Crippen MR) is 35.8 cm³/mol. The zero-order valence-electron chi connectivity index (χ0n) is 5.65. The number of hydrazine groups is 1. The van der Waals surface area contributed by atoms with Crippen LogP contribution < -0.4 is 11.2 Å². The number of rotatable bonds is 0. The van der Waals surface area contributed by atoms with Crippen molar-refractivity contribution in [1.82, 2.24) is 5.34 Å². The lowest BCUT2D eigenvalue weighted by molar-refractivity contribution is 1.10. The highest BCUT2D eigenvalue weighted by Crippen LogP contribution is 1.15. The summed E-state index contributed by atoms with van der Waals surface area (Å²) in [6.07, 6.45) is 0. The Bertz CT molecular complexity index is 9.65. The van der Waals surface area contributed by atoms with Gasteiger partial charge in [0.25, 0.3) is 0 Å². The Kier molecular flexibility index (Phi) is 345. The molecule has 0 bridgehead atoms. The molecule has 44 valence electrons. The molecule has 7 heavy (non-hydrogen) atoms. The van der Waals surface area contributed by atoms with Crippen LogP contribution in [0.25, 0.3) is 0 Å². The van der Waals surface area contributed by atoms with Crippen LogP contribution in [0.3, 0.4) is 0 Å². The van der Waals surface area contributed by atoms with Crippen LogP contribution in [0, 0.1) is 0 Å². The number of nitrogens with two attached hydrogens (primary N) is 1. The van der Waals surface area contributed by atoms with Crippen LogP contribution in [-0.2, 0) is 0 Å². The summed E-state index contributed by atoms with van der Waals surface area (Å²) in [5, 5.41) is 1.75. The topological polar surface area (TPSA) is 38.0 Å². The largest absolute Gasteiger partial charge is 0.314 e. The molecule has 2 radical (unpaired) electrons. The lowest BCUT2D eigenvalue weighted by Gasteiger charge is -1.61. The smallest absolute Gasteiger partial charge is 0.201 e. The molecular weight excluding hydrogens is 86.9 g/mol. The van der Waals surface area contributed by atoms with Crippen LogP contribution >= 0.6 is 0 Å². The molecule has 0 saturated carbocycles. The molecule has 0 heterocycles. The van der Waals surface area contributed by atoms with Gasteiger partial charge in [0.15, 0.2) is 0 Å². The maximum atomic E-state index is 4.38. The summed E-state index contributed by atoms with van der Waals surface area (Å²) in [6.45, 7) is 8.00. The molecule has 0 unspecified atom stereocenters. The monoisotopic (exact) mass is 102 g/mol. The fourth-order valence-corrected chi connectivity index (χ4v) is 0. The summed E-state index contributed by atoms with van der Waals surface area (Å²) in [5.41, 5.74) is 0. The highest BCUT2D eigenvalue weighted by atomic mass is 15.1. The molecular formula is C4H15BN2. The Labute approximate surface area is 47.9 Å². The summed E-state index contributed by atoms with van der Waals surface area (Å²) >= 11 is 0. The lowest BCUT2D eigenvalue weighted by atomic mass is 10.5. The van der Waals surface area contributed by atoms with E-state index in [0.717, 1.165) is 0 Å². The van der Waals surface area contributed by atoms with E-state index in [4.69, 9.17) is 0 Å². The van der Waals surface area contributed by atoms with Gasteiger partial charge in [0.2, 0.25) is 7.98 Å². The molecule has 2 nitrogen and oxygen atoms in total. The van der Waals surface area contributed by atoms with Gasteiger partial charge < -0.3 is 5.34 Å². The fraction of sp³-hybridized carbons (Fsp3) is 1.00. The van der Waals surface area contributed by atoms with Gasteiger partial charge >= 0.3 is 0 Å². The van der Waals surface area contributed by atoms with Gasteiger partial charge in [-0.3, -0.25) is 5.84 Å². The first-order valence-corrected chi connectivity index (χ1v) is 2.58. The summed E-state index contributed by atoms with van der Waals surface area (Å²) in [6, 6.07) is 0. The minimum atomic E-state index is 1.75. The zero-order valence-corrected chi connectivity index (χ0v) is 5.65. The molecule has 0 aliphatic rings. The van der Waals surface area contributed by atoms with Crippen molar-refractivity contribution in [3.63, 3.8) is 0 Å². The molecule has 3 heteroatoms. The van der Waals surface area contributed by atoms with E-state index in [2.05, 4.69) is 13.8 Å². The molecule has 0 aromatic rings. The van der Waals surface area contributed by atoms with E-state index in [1.165, 1.54) is 0 Å². The molecule has 3 N–H and O–H groups in total. The maximum absolute atomic E-state index is 4.38. The van der Waals surface area contributed by atoms with E-state index in [1.54, 1.807) is 5.34 Å². The molecule has 0 atom stereocenters. The number of hydrogen-bond acceptors (Lipinski definition) is 2. The van der Waals surface area contributed by atoms with Crippen LogP contribution in [-0.4, -0.2) is 7.98 Å². The molecule has 0 saturated heterocycles. The van der Waals surface area contributed by atoms with Crippen molar-refractivity contribution in [3.8, 4) is 0 Å². The van der Waals surface area contributed by atoms with Gasteiger partial charge in [0, 0.05) is 0 Å². The Hall–Kier alpha value is -0.0151. The van der Waals surface area contributed by atoms with Crippen molar-refractivity contribution in [1.29, 1.82) is 0 Å². The molecule has 0 aromatic carbocycles. The summed E-state index contributed by atoms with van der Waals surface area (Å²) in [4.78, 5) is 0. The highest BCUT2D eigenvalue weighted by Gasteiger charge is 1.27. The van der Waals surface area contributed by atoms with Crippen molar-refractivity contribution in [2.24, 2.45) is 5.84 Å². The third kappa shape index (κ3) is 419000. The van der Waals surface area contributed by atoms with Crippen molar-refractivity contribution in [2.45, 2.75) is 27.7 Å². The van der Waals surface area contributed by atoms with Gasteiger partial charge in [0.1, 0.15) is 0 Å². The molecule has 0 aromatic heterocycles. The number of hydrogen-bond donors (Lipinski definition) is 2. The first-order valence-electron chi connectivity index (χ1n) is 2.58. The van der Waals surface area contributed by atoms with Crippen molar-refractivity contribution >= 4 is 7.98 Å². The van der Waals surface area contributed by atoms with Crippen LogP contribution in [0.4, 0.5) is 0 Å². The first kappa shape index (κ1) is 15.8. The maximum Gasteiger partial charge on any atom is 0.201 e. The van der Waals surface area contributed by atoms with E-state index in [-0.39, 0.29) is 0 Å². The Morgan fingerprint density at radius 3 is 1.14 bits per heavy atom. The summed E-state index contributed by atoms with van der Waals surface area (Å²) in [5.74, 6) is 4.38. The second kappa shape index (κ2) is 153. The second-order valence-electron chi connectivity index (χ2n) is 0.167. The molecule has 0 spiro atoms. The second-order valence-corrected chi connectivity index (χ2v) is 0.167. The first-order chi connectivity index (χ1) is 3.41. The molecule has 0 rings (SSSR count). The average Bonchev–Trinajstić information content (AvgIpc) is 1.78. The van der Waals surface area contributed by atoms with Crippen LogP contribution in [0.15, 0.2) is 0 Å². The van der Waals surface area contributed by atoms with Crippen LogP contribution in [0.1, 0.15) is 27.7 Å². The Morgan fingerprint density at radius 2 is 1.14 bits per heavy atom. The molecule has 0 aliphatic heterocycles. The van der Waals surface area contributed by atoms with E-state index in [0.29, 0.717) is 0 Å². The normalized spacial score (nSPS) is 4.14. The zero-order chi connectivity index (χ0) is 6.71. The minimum absolute atomic E-state index is 1.75. The lowest BCUT2D eigenvalue weighted by Crippen LogP contribution is -2.15. The van der Waals surface area contributed by atoms with Crippen molar-refractivity contribution in [3.05, 3.63) is 0 Å². The molecule has 0 aliphatic carbocycles. The van der Waals surface area contributed by atoms with Gasteiger partial charge in [-0.25, -0.2) is 0 Å². The quantitative estimate of drug-likeness (QED) is 0.267. The highest BCUT2D eigenvalue weighted by molar-refractivity contribution is 6.03. The van der Waals surface area contributed by atoms with Crippen molar-refractivity contribution in [2.75, 3.05) is 0 Å². The van der Waals surface area contributed by atoms with Crippen LogP contribution in [0.5, 0.6) is 0 Å². The summed E-state index contributed by atoms with van der Waals surface area (Å²) in [7, 11) is 4.38. The minimum Gasteiger partial charge on any atom is -0.314 e.